The topological polar surface area (TPSA) is 114 Å². The Bertz CT molecular complexity index is 1160. The van der Waals surface area contributed by atoms with Crippen LogP contribution in [-0.2, 0) is 41.1 Å². The normalized spacial score (nSPS) is 13.4. The highest BCUT2D eigenvalue weighted by molar-refractivity contribution is 7.87. The molecule has 3 unspecified atom stereocenters. The van der Waals surface area contributed by atoms with Crippen molar-refractivity contribution in [3.05, 3.63) is 30.1 Å². The third-order valence-electron chi connectivity index (χ3n) is 10.5. The summed E-state index contributed by atoms with van der Waals surface area (Å²) in [7, 11) is -5.01. The Morgan fingerprint density at radius 1 is 0.648 bits per heavy atom. The van der Waals surface area contributed by atoms with Crippen molar-refractivity contribution >= 4 is 22.1 Å². The van der Waals surface area contributed by atoms with E-state index in [-0.39, 0.29) is 30.5 Å². The molecular weight excluding hydrogens is 699 g/mol. The number of carbonyl (C=O) groups is 2. The van der Waals surface area contributed by atoms with E-state index in [4.69, 9.17) is 9.47 Å². The van der Waals surface area contributed by atoms with Crippen LogP contribution in [0.2, 0.25) is 0 Å². The minimum atomic E-state index is -5.01. The van der Waals surface area contributed by atoms with E-state index in [1.807, 2.05) is 13.8 Å². The molecule has 0 N–H and O–H groups in total. The van der Waals surface area contributed by atoms with Crippen LogP contribution in [0.3, 0.4) is 0 Å². The second-order valence-electron chi connectivity index (χ2n) is 16.5. The number of rotatable bonds is 31. The number of pyridine rings is 1. The first kappa shape index (κ1) is 52.0. The average Bonchev–Trinajstić information content (AvgIpc) is 3.13. The van der Waals surface area contributed by atoms with Gasteiger partial charge in [-0.05, 0) is 42.1 Å². The lowest BCUT2D eigenvalue weighted by Crippen LogP contribution is -2.35. The molecule has 8 nitrogen and oxygen atoms in total. The molecular formula is C45H83NO7S. The third kappa shape index (κ3) is 27.6. The minimum absolute atomic E-state index is 0.0470. The van der Waals surface area contributed by atoms with Gasteiger partial charge in [-0.2, -0.15) is 0 Å². The predicted octanol–water partition coefficient (Wildman–Crippen LogP) is 11.6. The first-order valence-corrected chi connectivity index (χ1v) is 23.5. The third-order valence-corrected chi connectivity index (χ3v) is 11.6. The van der Waals surface area contributed by atoms with Gasteiger partial charge in [0.15, 0.2) is 17.6 Å². The van der Waals surface area contributed by atoms with Crippen molar-refractivity contribution in [1.29, 1.82) is 0 Å². The van der Waals surface area contributed by atoms with Crippen molar-refractivity contribution in [1.82, 2.24) is 0 Å². The highest BCUT2D eigenvalue weighted by Crippen LogP contribution is 2.21. The van der Waals surface area contributed by atoms with Gasteiger partial charge in [0, 0.05) is 18.6 Å². The lowest BCUT2D eigenvalue weighted by Gasteiger charge is -2.21. The van der Waals surface area contributed by atoms with Crippen molar-refractivity contribution in [2.45, 2.75) is 220 Å². The first-order valence-electron chi connectivity index (χ1n) is 22.0. The lowest BCUT2D eigenvalue weighted by molar-refractivity contribution is -0.697. The van der Waals surface area contributed by atoms with Gasteiger partial charge in [-0.15, -0.1) is 0 Å². The summed E-state index contributed by atoms with van der Waals surface area (Å²) in [5.41, 5.74) is 1.68. The molecule has 0 saturated carbocycles. The zero-order valence-electron chi connectivity index (χ0n) is 36.1. The van der Waals surface area contributed by atoms with E-state index < -0.39 is 33.7 Å². The van der Waals surface area contributed by atoms with Gasteiger partial charge in [-0.25, -0.2) is 13.0 Å². The molecule has 316 valence electrons. The smallest absolute Gasteiger partial charge is 0.323 e. The molecule has 0 aliphatic carbocycles. The second-order valence-corrected chi connectivity index (χ2v) is 18.1. The summed E-state index contributed by atoms with van der Waals surface area (Å²) in [6.07, 6.45) is 31.1. The summed E-state index contributed by atoms with van der Waals surface area (Å²) in [6.45, 7) is 18.6. The van der Waals surface area contributed by atoms with Gasteiger partial charge in [0.05, 0.1) is 19.6 Å². The number of nitrogens with zero attached hydrogens (tertiary/aromatic N) is 1. The number of carbonyl (C=O) groups excluding carboxylic acids is 2. The summed E-state index contributed by atoms with van der Waals surface area (Å²) in [5.74, 6) is -1.74. The van der Waals surface area contributed by atoms with Crippen molar-refractivity contribution in [3.8, 4) is 0 Å². The fourth-order valence-electron chi connectivity index (χ4n) is 6.41. The van der Waals surface area contributed by atoms with Crippen LogP contribution in [0, 0.1) is 11.8 Å². The zero-order chi connectivity index (χ0) is 40.7. The molecule has 1 rings (SSSR count). The first-order chi connectivity index (χ1) is 25.7. The lowest BCUT2D eigenvalue weighted by atomic mass is 9.88. The van der Waals surface area contributed by atoms with E-state index >= 15 is 0 Å². The quantitative estimate of drug-likeness (QED) is 0.0319. The fourth-order valence-corrected chi connectivity index (χ4v) is 7.05. The molecule has 1 aromatic heterocycles. The summed E-state index contributed by atoms with van der Waals surface area (Å²) in [4.78, 5) is 24.1. The maximum Gasteiger partial charge on any atom is 0.323 e. The Hall–Kier alpha value is -2.00. The van der Waals surface area contributed by atoms with E-state index in [0.29, 0.717) is 0 Å². The van der Waals surface area contributed by atoms with E-state index in [1.165, 1.54) is 102 Å². The van der Waals surface area contributed by atoms with Crippen LogP contribution in [-0.4, -0.2) is 43.4 Å². The summed E-state index contributed by atoms with van der Waals surface area (Å²) >= 11 is 0. The van der Waals surface area contributed by atoms with Gasteiger partial charge in [0.2, 0.25) is 0 Å². The van der Waals surface area contributed by atoms with Crippen LogP contribution in [0.5, 0.6) is 0 Å². The summed E-state index contributed by atoms with van der Waals surface area (Å²) in [5, 5.41) is -2.06. The Labute approximate surface area is 333 Å². The van der Waals surface area contributed by atoms with E-state index in [0.717, 1.165) is 51.4 Å². The molecule has 0 fully saturated rings. The maximum atomic E-state index is 12.1. The van der Waals surface area contributed by atoms with Crippen molar-refractivity contribution in [2.75, 3.05) is 13.2 Å². The van der Waals surface area contributed by atoms with Crippen LogP contribution in [0.15, 0.2) is 24.5 Å². The van der Waals surface area contributed by atoms with E-state index in [2.05, 4.69) is 70.6 Å². The largest absolute Gasteiger partial charge is 0.747 e. The number of hydrogen-bond acceptors (Lipinski definition) is 7. The van der Waals surface area contributed by atoms with E-state index in [1.54, 1.807) is 0 Å². The second kappa shape index (κ2) is 32.1. The number of hydrogen-bond donors (Lipinski definition) is 0. The van der Waals surface area contributed by atoms with Crippen molar-refractivity contribution in [2.24, 2.45) is 11.8 Å². The number of ether oxygens (including phenoxy) is 2. The monoisotopic (exact) mass is 782 g/mol. The molecule has 9 heteroatoms. The molecule has 54 heavy (non-hydrogen) atoms. The molecule has 0 aromatic carbocycles. The van der Waals surface area contributed by atoms with E-state index in [9.17, 15) is 22.6 Å². The highest BCUT2D eigenvalue weighted by atomic mass is 32.2. The molecule has 3 atom stereocenters. The van der Waals surface area contributed by atoms with Crippen molar-refractivity contribution in [3.63, 3.8) is 0 Å². The Balaban J connectivity index is 0.00000104. The van der Waals surface area contributed by atoms with Crippen LogP contribution in [0.1, 0.15) is 209 Å². The number of aromatic nitrogens is 1. The Morgan fingerprint density at radius 3 is 1.44 bits per heavy atom. The van der Waals surface area contributed by atoms with Crippen LogP contribution >= 0.6 is 0 Å². The highest BCUT2D eigenvalue weighted by Gasteiger charge is 2.31. The number of aryl methyl sites for hydroxylation is 1. The molecule has 0 bridgehead atoms. The van der Waals surface area contributed by atoms with Gasteiger partial charge < -0.3 is 14.0 Å². The molecule has 0 aliphatic heterocycles. The molecule has 1 aromatic rings. The van der Waals surface area contributed by atoms with Gasteiger partial charge in [-0.3, -0.25) is 9.59 Å². The molecule has 1 heterocycles. The minimum Gasteiger partial charge on any atom is -0.747 e. The van der Waals surface area contributed by atoms with Crippen LogP contribution in [0.25, 0.3) is 0 Å². The van der Waals surface area contributed by atoms with Crippen LogP contribution in [0.4, 0.5) is 0 Å². The SMILES string of the molecule is CCCCC(CC)COC(=O)CC(C(=O)OCC(CC)CCCC)S(=O)(=O)[O-].CCCCCCCCCCCCCCCC[n+]1ccc(C(C)(C)C)cc1. The molecule has 0 aliphatic rings. The number of unbranched alkanes of at least 4 members (excludes halogenated alkanes) is 15. The summed E-state index contributed by atoms with van der Waals surface area (Å²) in [6, 6.07) is 4.56. The molecule has 0 radical (unpaired) electrons. The fraction of sp³-hybridized carbons (Fsp3) is 0.844. The van der Waals surface area contributed by atoms with Crippen molar-refractivity contribution < 1.29 is 36.6 Å². The zero-order valence-corrected chi connectivity index (χ0v) is 37.0. The van der Waals surface area contributed by atoms with Crippen LogP contribution < -0.4 is 4.57 Å². The predicted molar refractivity (Wildman–Crippen MR) is 222 cm³/mol. The molecule has 0 spiro atoms. The standard InChI is InChI=1S/C25H46N.C20H38O7S/c1-5-6-7-8-9-10-11-12-13-14-15-16-17-18-21-26-22-19-24(20-23-26)25(2,3)4;1-5-9-11-16(7-3)14-26-19(21)13-18(28(23,24)25)20(22)27-15-17(8-4)12-10-6-2/h19-20,22-23H,5-18,21H2,1-4H3;16-18H,5-15H2,1-4H3,(H,23,24,25)/q+1;/p-1. The average molecular weight is 782 g/mol. The molecule has 0 amide bonds. The van der Waals surface area contributed by atoms with Gasteiger partial charge in [0.1, 0.15) is 16.7 Å². The maximum absolute atomic E-state index is 12.1. The van der Waals surface area contributed by atoms with Gasteiger partial charge >= 0.3 is 11.9 Å². The van der Waals surface area contributed by atoms with Gasteiger partial charge in [0.25, 0.3) is 0 Å². The Morgan fingerprint density at radius 2 is 1.06 bits per heavy atom. The summed E-state index contributed by atoms with van der Waals surface area (Å²) < 4.78 is 46.9. The van der Waals surface area contributed by atoms with Gasteiger partial charge in [-0.1, -0.05) is 171 Å². The number of esters is 2. The Kier molecular flexibility index (Phi) is 30.9. The molecule has 0 saturated heterocycles.